The number of hydrogen-bond donors (Lipinski definition) is 1. The largest absolute Gasteiger partial charge is 0.313 e. The normalized spacial score (nSPS) is 12.6. The summed E-state index contributed by atoms with van der Waals surface area (Å²) in [6, 6.07) is 10.8. The molecule has 1 heterocycles. The maximum absolute atomic E-state index is 4.06. The van der Waals surface area contributed by atoms with Crippen molar-refractivity contribution in [3.63, 3.8) is 0 Å². The standard InChI is InChI=1S/C13H19N5/c1-11(8-9-12-6-4-3-5-7-12)18-13(10-14-2)15-16-17-18/h3-7,11,14H,8-10H2,1-2H3. The van der Waals surface area contributed by atoms with Crippen molar-refractivity contribution < 1.29 is 0 Å². The Morgan fingerprint density at radius 3 is 2.78 bits per heavy atom. The van der Waals surface area contributed by atoms with Crippen LogP contribution in [-0.2, 0) is 13.0 Å². The zero-order chi connectivity index (χ0) is 12.8. The summed E-state index contributed by atoms with van der Waals surface area (Å²) in [5.74, 6) is 0.887. The van der Waals surface area contributed by atoms with E-state index >= 15 is 0 Å². The van der Waals surface area contributed by atoms with Gasteiger partial charge >= 0.3 is 0 Å². The van der Waals surface area contributed by atoms with E-state index in [1.165, 1.54) is 5.56 Å². The molecule has 0 saturated carbocycles. The molecule has 0 radical (unpaired) electrons. The lowest BCUT2D eigenvalue weighted by Gasteiger charge is -2.13. The zero-order valence-corrected chi connectivity index (χ0v) is 10.9. The Balaban J connectivity index is 1.95. The Morgan fingerprint density at radius 1 is 1.28 bits per heavy atom. The maximum Gasteiger partial charge on any atom is 0.165 e. The van der Waals surface area contributed by atoms with Crippen LogP contribution in [0.4, 0.5) is 0 Å². The molecular weight excluding hydrogens is 226 g/mol. The van der Waals surface area contributed by atoms with Gasteiger partial charge in [0.1, 0.15) is 0 Å². The fourth-order valence-corrected chi connectivity index (χ4v) is 1.97. The van der Waals surface area contributed by atoms with Crippen LogP contribution in [0, 0.1) is 0 Å². The number of benzene rings is 1. The fraction of sp³-hybridized carbons (Fsp3) is 0.462. The Bertz CT molecular complexity index is 465. The number of nitrogens with one attached hydrogen (secondary N) is 1. The Kier molecular flexibility index (Phi) is 4.41. The predicted octanol–water partition coefficient (Wildman–Crippen LogP) is 1.59. The first-order chi connectivity index (χ1) is 8.81. The number of tetrazole rings is 1. The van der Waals surface area contributed by atoms with E-state index in [2.05, 4.69) is 52.0 Å². The van der Waals surface area contributed by atoms with Crippen LogP contribution in [-0.4, -0.2) is 27.3 Å². The topological polar surface area (TPSA) is 55.6 Å². The molecule has 5 heteroatoms. The second-order valence-corrected chi connectivity index (χ2v) is 4.44. The van der Waals surface area contributed by atoms with E-state index in [1.54, 1.807) is 0 Å². The quantitative estimate of drug-likeness (QED) is 0.839. The van der Waals surface area contributed by atoms with Gasteiger partial charge in [-0.25, -0.2) is 4.68 Å². The van der Waals surface area contributed by atoms with Crippen molar-refractivity contribution in [1.82, 2.24) is 25.5 Å². The average Bonchev–Trinajstić information content (AvgIpc) is 2.86. The molecule has 1 N–H and O–H groups in total. The van der Waals surface area contributed by atoms with Crippen molar-refractivity contribution in [2.75, 3.05) is 7.05 Å². The summed E-state index contributed by atoms with van der Waals surface area (Å²) in [5.41, 5.74) is 1.35. The van der Waals surface area contributed by atoms with Crippen LogP contribution >= 0.6 is 0 Å². The van der Waals surface area contributed by atoms with Gasteiger partial charge in [0.05, 0.1) is 12.6 Å². The van der Waals surface area contributed by atoms with Crippen molar-refractivity contribution >= 4 is 0 Å². The summed E-state index contributed by atoms with van der Waals surface area (Å²) in [6.45, 7) is 2.85. The third kappa shape index (κ3) is 3.13. The average molecular weight is 245 g/mol. The van der Waals surface area contributed by atoms with Gasteiger partial charge in [0.25, 0.3) is 0 Å². The van der Waals surface area contributed by atoms with Crippen LogP contribution in [0.1, 0.15) is 30.8 Å². The number of nitrogens with zero attached hydrogens (tertiary/aromatic N) is 4. The molecule has 0 aliphatic heterocycles. The lowest BCUT2D eigenvalue weighted by molar-refractivity contribution is 0.429. The van der Waals surface area contributed by atoms with Crippen molar-refractivity contribution in [2.24, 2.45) is 0 Å². The first kappa shape index (κ1) is 12.7. The van der Waals surface area contributed by atoms with Crippen LogP contribution in [0.25, 0.3) is 0 Å². The molecule has 0 saturated heterocycles. The van der Waals surface area contributed by atoms with E-state index < -0.39 is 0 Å². The highest BCUT2D eigenvalue weighted by molar-refractivity contribution is 5.14. The van der Waals surface area contributed by atoms with Gasteiger partial charge in [0.2, 0.25) is 0 Å². The van der Waals surface area contributed by atoms with Crippen molar-refractivity contribution in [2.45, 2.75) is 32.4 Å². The highest BCUT2D eigenvalue weighted by Crippen LogP contribution is 2.14. The van der Waals surface area contributed by atoms with Crippen molar-refractivity contribution in [3.05, 3.63) is 41.7 Å². The number of rotatable bonds is 6. The van der Waals surface area contributed by atoms with Crippen LogP contribution in [0.2, 0.25) is 0 Å². The molecule has 2 rings (SSSR count). The fourth-order valence-electron chi connectivity index (χ4n) is 1.97. The van der Waals surface area contributed by atoms with Gasteiger partial charge in [-0.05, 0) is 42.8 Å². The van der Waals surface area contributed by atoms with E-state index in [0.717, 1.165) is 18.7 Å². The highest BCUT2D eigenvalue weighted by atomic mass is 15.6. The molecule has 18 heavy (non-hydrogen) atoms. The van der Waals surface area contributed by atoms with Crippen LogP contribution < -0.4 is 5.32 Å². The van der Waals surface area contributed by atoms with E-state index in [1.807, 2.05) is 17.8 Å². The number of hydrogen-bond acceptors (Lipinski definition) is 4. The third-order valence-electron chi connectivity index (χ3n) is 3.01. The SMILES string of the molecule is CNCc1nnnn1C(C)CCc1ccccc1. The minimum Gasteiger partial charge on any atom is -0.313 e. The first-order valence-corrected chi connectivity index (χ1v) is 6.26. The van der Waals surface area contributed by atoms with E-state index in [9.17, 15) is 0 Å². The van der Waals surface area contributed by atoms with Gasteiger partial charge in [-0.3, -0.25) is 0 Å². The molecule has 0 amide bonds. The van der Waals surface area contributed by atoms with Gasteiger partial charge in [0.15, 0.2) is 5.82 Å². The summed E-state index contributed by atoms with van der Waals surface area (Å²) in [4.78, 5) is 0. The minimum atomic E-state index is 0.309. The molecule has 1 aromatic carbocycles. The Labute approximate surface area is 107 Å². The summed E-state index contributed by atoms with van der Waals surface area (Å²) >= 11 is 0. The minimum absolute atomic E-state index is 0.309. The summed E-state index contributed by atoms with van der Waals surface area (Å²) in [5, 5.41) is 14.9. The monoisotopic (exact) mass is 245 g/mol. The molecule has 0 fully saturated rings. The molecule has 0 aliphatic rings. The third-order valence-corrected chi connectivity index (χ3v) is 3.01. The molecule has 5 nitrogen and oxygen atoms in total. The summed E-state index contributed by atoms with van der Waals surface area (Å²) in [7, 11) is 1.90. The smallest absolute Gasteiger partial charge is 0.165 e. The lowest BCUT2D eigenvalue weighted by atomic mass is 10.1. The zero-order valence-electron chi connectivity index (χ0n) is 10.9. The molecule has 0 bridgehead atoms. The molecule has 1 aromatic heterocycles. The highest BCUT2D eigenvalue weighted by Gasteiger charge is 2.12. The molecule has 0 aliphatic carbocycles. The van der Waals surface area contributed by atoms with Gasteiger partial charge in [-0.15, -0.1) is 5.10 Å². The molecule has 1 atom stereocenters. The van der Waals surface area contributed by atoms with Crippen LogP contribution in [0.3, 0.4) is 0 Å². The molecule has 0 spiro atoms. The van der Waals surface area contributed by atoms with Crippen LogP contribution in [0.15, 0.2) is 30.3 Å². The van der Waals surface area contributed by atoms with E-state index in [4.69, 9.17) is 0 Å². The lowest BCUT2D eigenvalue weighted by Crippen LogP contribution is -2.16. The maximum atomic E-state index is 4.06. The Hall–Kier alpha value is -1.75. The summed E-state index contributed by atoms with van der Waals surface area (Å²) < 4.78 is 1.90. The second-order valence-electron chi connectivity index (χ2n) is 4.44. The van der Waals surface area contributed by atoms with Gasteiger partial charge in [-0.2, -0.15) is 0 Å². The molecular formula is C13H19N5. The molecule has 1 unspecified atom stereocenters. The molecule has 96 valence electrons. The number of aryl methyl sites for hydroxylation is 1. The summed E-state index contributed by atoms with van der Waals surface area (Å²) in [6.07, 6.45) is 2.08. The predicted molar refractivity (Wildman–Crippen MR) is 70.1 cm³/mol. The second kappa shape index (κ2) is 6.26. The number of aromatic nitrogens is 4. The Morgan fingerprint density at radius 2 is 2.06 bits per heavy atom. The van der Waals surface area contributed by atoms with Gasteiger partial charge in [0, 0.05) is 0 Å². The van der Waals surface area contributed by atoms with Crippen molar-refractivity contribution in [1.29, 1.82) is 0 Å². The van der Waals surface area contributed by atoms with Gasteiger partial charge in [-0.1, -0.05) is 30.3 Å². The van der Waals surface area contributed by atoms with E-state index in [-0.39, 0.29) is 0 Å². The molecule has 2 aromatic rings. The van der Waals surface area contributed by atoms with Gasteiger partial charge < -0.3 is 5.32 Å². The van der Waals surface area contributed by atoms with E-state index in [0.29, 0.717) is 12.6 Å². The van der Waals surface area contributed by atoms with Crippen molar-refractivity contribution in [3.8, 4) is 0 Å². The first-order valence-electron chi connectivity index (χ1n) is 6.26. The van der Waals surface area contributed by atoms with Crippen LogP contribution in [0.5, 0.6) is 0 Å².